The standard InChI is InChI=1S/C28H35FN2O2/c1-5-6-10-24(33-18-17-32-4)15-11-20(2)22-8-7-9-23(14-13-22)28-25(29)19-27-26(31-28)16-12-21(3)30-27/h6-7,9-10,12-16,19-21,30H,5,8,11,17-18H2,1-4H3/b10-6-,24-15?. The normalized spacial score (nSPS) is 18.9. The smallest absolute Gasteiger partial charge is 0.151 e. The molecular weight excluding hydrogens is 415 g/mol. The second-order valence-electron chi connectivity index (χ2n) is 8.41. The molecule has 33 heavy (non-hydrogen) atoms. The van der Waals surface area contributed by atoms with Gasteiger partial charge in [-0.05, 0) is 50.3 Å². The minimum absolute atomic E-state index is 0.172. The summed E-state index contributed by atoms with van der Waals surface area (Å²) < 4.78 is 25.8. The summed E-state index contributed by atoms with van der Waals surface area (Å²) in [4.78, 5) is 4.59. The third kappa shape index (κ3) is 7.03. The predicted molar refractivity (Wildman–Crippen MR) is 135 cm³/mol. The lowest BCUT2D eigenvalue weighted by molar-refractivity contribution is 0.114. The lowest BCUT2D eigenvalue weighted by atomic mass is 9.94. The van der Waals surface area contributed by atoms with E-state index in [1.807, 2.05) is 37.3 Å². The maximum absolute atomic E-state index is 14.9. The van der Waals surface area contributed by atoms with Crippen LogP contribution in [0.4, 0.5) is 10.1 Å². The van der Waals surface area contributed by atoms with Crippen molar-refractivity contribution in [3.05, 3.63) is 83.2 Å². The highest BCUT2D eigenvalue weighted by molar-refractivity contribution is 5.77. The van der Waals surface area contributed by atoms with Crippen LogP contribution in [0.25, 0.3) is 11.6 Å². The molecule has 1 aromatic heterocycles. The zero-order valence-electron chi connectivity index (χ0n) is 20.1. The fraction of sp³-hybridized carbons (Fsp3) is 0.393. The second-order valence-corrected chi connectivity index (χ2v) is 8.41. The number of allylic oxidation sites excluding steroid dienone is 9. The van der Waals surface area contributed by atoms with E-state index < -0.39 is 0 Å². The van der Waals surface area contributed by atoms with Gasteiger partial charge in [0.15, 0.2) is 5.82 Å². The zero-order valence-corrected chi connectivity index (χ0v) is 20.1. The van der Waals surface area contributed by atoms with E-state index in [-0.39, 0.29) is 11.9 Å². The van der Waals surface area contributed by atoms with Crippen molar-refractivity contribution in [2.75, 3.05) is 25.6 Å². The Kier molecular flexibility index (Phi) is 9.25. The van der Waals surface area contributed by atoms with Crippen molar-refractivity contribution in [1.82, 2.24) is 4.98 Å². The number of nitrogens with zero attached hydrogens (tertiary/aromatic N) is 1. The highest BCUT2D eigenvalue weighted by atomic mass is 19.1. The first kappa shape index (κ1) is 24.7. The van der Waals surface area contributed by atoms with Gasteiger partial charge in [-0.1, -0.05) is 55.9 Å². The summed E-state index contributed by atoms with van der Waals surface area (Å²) >= 11 is 0. The fourth-order valence-electron chi connectivity index (χ4n) is 3.74. The summed E-state index contributed by atoms with van der Waals surface area (Å²) in [5.41, 5.74) is 3.97. The maximum Gasteiger partial charge on any atom is 0.151 e. The molecule has 3 rings (SSSR count). The number of hydrogen-bond acceptors (Lipinski definition) is 4. The van der Waals surface area contributed by atoms with Crippen LogP contribution in [0.3, 0.4) is 0 Å². The Hall–Kier alpha value is -2.92. The number of ether oxygens (including phenoxy) is 2. The van der Waals surface area contributed by atoms with E-state index in [9.17, 15) is 4.39 Å². The number of halogens is 1. The molecule has 0 bridgehead atoms. The monoisotopic (exact) mass is 450 g/mol. The molecular formula is C28H35FN2O2. The highest BCUT2D eigenvalue weighted by Crippen LogP contribution is 2.30. The molecule has 2 aliphatic rings. The first-order chi connectivity index (χ1) is 16.0. The second kappa shape index (κ2) is 12.4. The van der Waals surface area contributed by atoms with Crippen LogP contribution in [0, 0.1) is 11.7 Å². The molecule has 176 valence electrons. The van der Waals surface area contributed by atoms with E-state index >= 15 is 0 Å². The lowest BCUT2D eigenvalue weighted by Crippen LogP contribution is -2.17. The van der Waals surface area contributed by atoms with Gasteiger partial charge in [-0.3, -0.25) is 0 Å². The molecule has 5 heteroatoms. The molecule has 2 heterocycles. The van der Waals surface area contributed by atoms with Gasteiger partial charge in [-0.15, -0.1) is 0 Å². The highest BCUT2D eigenvalue weighted by Gasteiger charge is 2.17. The van der Waals surface area contributed by atoms with E-state index in [1.54, 1.807) is 13.2 Å². The predicted octanol–water partition coefficient (Wildman–Crippen LogP) is 6.86. The van der Waals surface area contributed by atoms with Crippen LogP contribution in [0.15, 0.2) is 66.0 Å². The van der Waals surface area contributed by atoms with Crippen molar-refractivity contribution in [1.29, 1.82) is 0 Å². The molecule has 0 amide bonds. The summed E-state index contributed by atoms with van der Waals surface area (Å²) in [6, 6.07) is 1.72. The Balaban J connectivity index is 1.74. The van der Waals surface area contributed by atoms with Crippen LogP contribution >= 0.6 is 0 Å². The Bertz CT molecular complexity index is 1000. The van der Waals surface area contributed by atoms with Crippen molar-refractivity contribution in [2.45, 2.75) is 46.1 Å². The first-order valence-electron chi connectivity index (χ1n) is 11.7. The van der Waals surface area contributed by atoms with E-state index in [0.717, 1.165) is 42.0 Å². The maximum atomic E-state index is 14.9. The van der Waals surface area contributed by atoms with Crippen molar-refractivity contribution >= 4 is 17.3 Å². The van der Waals surface area contributed by atoms with E-state index in [2.05, 4.69) is 48.5 Å². The zero-order chi connectivity index (χ0) is 23.6. The molecule has 0 fully saturated rings. The summed E-state index contributed by atoms with van der Waals surface area (Å²) in [5.74, 6) is 0.891. The van der Waals surface area contributed by atoms with Gasteiger partial charge in [0.05, 0.1) is 18.0 Å². The van der Waals surface area contributed by atoms with Crippen LogP contribution in [0.5, 0.6) is 0 Å². The molecule has 2 unspecified atom stereocenters. The Morgan fingerprint density at radius 1 is 1.30 bits per heavy atom. The van der Waals surface area contributed by atoms with Crippen LogP contribution in [0.1, 0.15) is 51.4 Å². The van der Waals surface area contributed by atoms with Gasteiger partial charge in [-0.2, -0.15) is 0 Å². The van der Waals surface area contributed by atoms with Crippen molar-refractivity contribution < 1.29 is 13.9 Å². The molecule has 0 radical (unpaired) electrons. The van der Waals surface area contributed by atoms with Crippen LogP contribution in [0.2, 0.25) is 0 Å². The van der Waals surface area contributed by atoms with E-state index in [0.29, 0.717) is 24.8 Å². The van der Waals surface area contributed by atoms with E-state index in [4.69, 9.17) is 9.47 Å². The number of hydrogen-bond donors (Lipinski definition) is 1. The number of aromatic nitrogens is 1. The Morgan fingerprint density at radius 3 is 2.94 bits per heavy atom. The number of fused-ring (bicyclic) bond motifs is 1. The van der Waals surface area contributed by atoms with Crippen LogP contribution in [-0.4, -0.2) is 31.3 Å². The minimum Gasteiger partial charge on any atom is -0.492 e. The molecule has 1 N–H and O–H groups in total. The number of pyridine rings is 1. The summed E-state index contributed by atoms with van der Waals surface area (Å²) in [6.07, 6.45) is 21.0. The SMILES string of the molecule is CC/C=C\C(=CCC(C)C1=CC=C(c2nc3c(cc2F)NC(C)C=C3)C=CC1)OCCOC. The molecule has 0 saturated carbocycles. The molecule has 1 aliphatic carbocycles. The summed E-state index contributed by atoms with van der Waals surface area (Å²) in [7, 11) is 1.67. The van der Waals surface area contributed by atoms with Gasteiger partial charge in [0.1, 0.15) is 18.1 Å². The third-order valence-electron chi connectivity index (χ3n) is 5.71. The Morgan fingerprint density at radius 2 is 2.15 bits per heavy atom. The lowest BCUT2D eigenvalue weighted by Gasteiger charge is -2.19. The molecule has 1 aliphatic heterocycles. The quantitative estimate of drug-likeness (QED) is 0.240. The molecule has 0 saturated heterocycles. The van der Waals surface area contributed by atoms with Gasteiger partial charge in [0.25, 0.3) is 0 Å². The molecule has 0 aromatic carbocycles. The van der Waals surface area contributed by atoms with Crippen LogP contribution < -0.4 is 5.32 Å². The van der Waals surface area contributed by atoms with E-state index in [1.165, 1.54) is 5.57 Å². The number of rotatable bonds is 10. The minimum atomic E-state index is -0.312. The Labute approximate surface area is 197 Å². The average Bonchev–Trinajstić information content (AvgIpc) is 3.06. The van der Waals surface area contributed by atoms with Gasteiger partial charge in [0.2, 0.25) is 0 Å². The average molecular weight is 451 g/mol. The van der Waals surface area contributed by atoms with Gasteiger partial charge in [0, 0.05) is 24.8 Å². The third-order valence-corrected chi connectivity index (χ3v) is 5.71. The number of anilines is 1. The van der Waals surface area contributed by atoms with Crippen molar-refractivity contribution in [3.8, 4) is 0 Å². The molecule has 2 atom stereocenters. The van der Waals surface area contributed by atoms with Gasteiger partial charge >= 0.3 is 0 Å². The largest absolute Gasteiger partial charge is 0.492 e. The summed E-state index contributed by atoms with van der Waals surface area (Å²) in [5, 5.41) is 3.25. The molecule has 4 nitrogen and oxygen atoms in total. The molecule has 1 aromatic rings. The number of nitrogens with one attached hydrogen (secondary N) is 1. The topological polar surface area (TPSA) is 43.4 Å². The fourth-order valence-corrected chi connectivity index (χ4v) is 3.74. The number of methoxy groups -OCH3 is 1. The van der Waals surface area contributed by atoms with Crippen molar-refractivity contribution in [2.24, 2.45) is 5.92 Å². The first-order valence-corrected chi connectivity index (χ1v) is 11.7. The van der Waals surface area contributed by atoms with Crippen LogP contribution in [-0.2, 0) is 9.47 Å². The van der Waals surface area contributed by atoms with Crippen molar-refractivity contribution in [3.63, 3.8) is 0 Å². The van der Waals surface area contributed by atoms with Gasteiger partial charge in [-0.25, -0.2) is 9.37 Å². The molecule has 0 spiro atoms. The van der Waals surface area contributed by atoms with Gasteiger partial charge < -0.3 is 14.8 Å². The summed E-state index contributed by atoms with van der Waals surface area (Å²) in [6.45, 7) is 7.44.